The van der Waals surface area contributed by atoms with Crippen LogP contribution in [0.5, 0.6) is 0 Å². The van der Waals surface area contributed by atoms with Crippen LogP contribution in [0.1, 0.15) is 5.56 Å². The van der Waals surface area contributed by atoms with Gasteiger partial charge in [0, 0.05) is 12.4 Å². The Morgan fingerprint density at radius 1 is 1.05 bits per heavy atom. The van der Waals surface area contributed by atoms with Gasteiger partial charge in [-0.25, -0.2) is 9.36 Å². The lowest BCUT2D eigenvalue weighted by Gasteiger charge is -2.11. The van der Waals surface area contributed by atoms with E-state index in [0.29, 0.717) is 0 Å². The maximum atomic E-state index is 13.0. The molecule has 0 amide bonds. The van der Waals surface area contributed by atoms with Crippen molar-refractivity contribution in [1.82, 2.24) is 14.5 Å². The van der Waals surface area contributed by atoms with Gasteiger partial charge in [0.25, 0.3) is 5.56 Å². The summed E-state index contributed by atoms with van der Waals surface area (Å²) in [5.74, 6) is 0. The first-order valence-electron chi connectivity index (χ1n) is 6.15. The van der Waals surface area contributed by atoms with E-state index >= 15 is 0 Å². The van der Waals surface area contributed by atoms with E-state index in [-0.39, 0.29) is 11.1 Å². The van der Waals surface area contributed by atoms with Crippen molar-refractivity contribution in [3.63, 3.8) is 0 Å². The van der Waals surface area contributed by atoms with Gasteiger partial charge in [-0.05, 0) is 24.3 Å². The lowest BCUT2D eigenvalue weighted by molar-refractivity contribution is -0.136. The first kappa shape index (κ1) is 14.1. The number of nitrogens with one attached hydrogen (secondary N) is 1. The van der Waals surface area contributed by atoms with Crippen molar-refractivity contribution in [2.24, 2.45) is 0 Å². The van der Waals surface area contributed by atoms with Gasteiger partial charge >= 0.3 is 11.9 Å². The van der Waals surface area contributed by atoms with Crippen LogP contribution in [-0.4, -0.2) is 14.5 Å². The number of fused-ring (bicyclic) bond motifs is 1. The van der Waals surface area contributed by atoms with Crippen LogP contribution in [0.2, 0.25) is 0 Å². The highest BCUT2D eigenvalue weighted by Crippen LogP contribution is 2.32. The molecule has 112 valence electrons. The van der Waals surface area contributed by atoms with Gasteiger partial charge in [0.15, 0.2) is 0 Å². The van der Waals surface area contributed by atoms with E-state index in [9.17, 15) is 22.8 Å². The summed E-state index contributed by atoms with van der Waals surface area (Å²) in [6.07, 6.45) is -1.92. The molecule has 0 aliphatic rings. The fourth-order valence-electron chi connectivity index (χ4n) is 2.20. The van der Waals surface area contributed by atoms with Gasteiger partial charge in [-0.15, -0.1) is 0 Å². The Hall–Kier alpha value is -2.90. The van der Waals surface area contributed by atoms with Gasteiger partial charge in [-0.1, -0.05) is 6.07 Å². The van der Waals surface area contributed by atoms with Crippen molar-refractivity contribution in [3.05, 3.63) is 69.1 Å². The molecule has 0 fully saturated rings. The third-order valence-corrected chi connectivity index (χ3v) is 3.16. The summed E-state index contributed by atoms with van der Waals surface area (Å²) in [4.78, 5) is 30.3. The lowest BCUT2D eigenvalue weighted by atomic mass is 10.1. The Morgan fingerprint density at radius 2 is 1.73 bits per heavy atom. The van der Waals surface area contributed by atoms with Crippen LogP contribution in [0.15, 0.2) is 52.3 Å². The topological polar surface area (TPSA) is 67.8 Å². The first-order chi connectivity index (χ1) is 10.4. The van der Waals surface area contributed by atoms with Crippen LogP contribution in [0.3, 0.4) is 0 Å². The second-order valence-electron chi connectivity index (χ2n) is 4.50. The molecular weight excluding hydrogens is 299 g/mol. The molecule has 22 heavy (non-hydrogen) atoms. The number of pyridine rings is 1. The van der Waals surface area contributed by atoms with Crippen molar-refractivity contribution in [3.8, 4) is 5.69 Å². The number of aromatic amines is 1. The highest BCUT2D eigenvalue weighted by atomic mass is 19.4. The third kappa shape index (κ3) is 2.18. The molecule has 1 N–H and O–H groups in total. The monoisotopic (exact) mass is 307 g/mol. The molecule has 0 saturated heterocycles. The largest absolute Gasteiger partial charge is 0.418 e. The van der Waals surface area contributed by atoms with Crippen molar-refractivity contribution >= 4 is 10.9 Å². The molecule has 3 aromatic rings. The molecule has 0 spiro atoms. The molecule has 2 aromatic heterocycles. The van der Waals surface area contributed by atoms with E-state index in [1.54, 1.807) is 0 Å². The Kier molecular flexibility index (Phi) is 3.09. The van der Waals surface area contributed by atoms with Gasteiger partial charge in [0.1, 0.15) is 0 Å². The summed E-state index contributed by atoms with van der Waals surface area (Å²) in [5.41, 5.74) is -3.12. The smallest absolute Gasteiger partial charge is 0.306 e. The summed E-state index contributed by atoms with van der Waals surface area (Å²) in [6, 6.07) is 6.00. The minimum absolute atomic E-state index is 0.216. The fraction of sp³-hybridized carbons (Fsp3) is 0.0714. The molecule has 0 saturated carbocycles. The van der Waals surface area contributed by atoms with E-state index in [2.05, 4.69) is 9.97 Å². The Bertz CT molecular complexity index is 959. The molecule has 0 atom stereocenters. The Morgan fingerprint density at radius 3 is 2.36 bits per heavy atom. The highest BCUT2D eigenvalue weighted by Gasteiger charge is 2.33. The number of H-pyrrole nitrogens is 1. The number of para-hydroxylation sites is 1. The van der Waals surface area contributed by atoms with E-state index in [0.717, 1.165) is 16.7 Å². The Balaban J connectivity index is 2.42. The molecule has 8 heteroatoms. The van der Waals surface area contributed by atoms with E-state index in [1.807, 2.05) is 0 Å². The summed E-state index contributed by atoms with van der Waals surface area (Å²) in [7, 11) is 0. The second kappa shape index (κ2) is 4.83. The number of rotatable bonds is 1. The van der Waals surface area contributed by atoms with E-state index in [1.165, 1.54) is 30.6 Å². The normalized spacial score (nSPS) is 11.8. The maximum Gasteiger partial charge on any atom is 0.418 e. The Labute approximate surface area is 120 Å². The minimum Gasteiger partial charge on any atom is -0.306 e. The summed E-state index contributed by atoms with van der Waals surface area (Å²) < 4.78 is 39.7. The number of nitrogens with zero attached hydrogens (tertiary/aromatic N) is 2. The zero-order valence-electron chi connectivity index (χ0n) is 10.9. The van der Waals surface area contributed by atoms with Crippen molar-refractivity contribution in [2.45, 2.75) is 6.18 Å². The molecule has 1 aromatic carbocycles. The summed E-state index contributed by atoms with van der Waals surface area (Å²) in [5, 5.41) is -0.216. The minimum atomic E-state index is -4.67. The van der Waals surface area contributed by atoms with E-state index < -0.39 is 28.5 Å². The highest BCUT2D eigenvalue weighted by molar-refractivity contribution is 5.81. The van der Waals surface area contributed by atoms with Crippen LogP contribution >= 0.6 is 0 Å². The predicted molar refractivity (Wildman–Crippen MR) is 73.0 cm³/mol. The molecule has 2 heterocycles. The van der Waals surface area contributed by atoms with E-state index in [4.69, 9.17) is 0 Å². The number of hydrogen-bond donors (Lipinski definition) is 1. The quantitative estimate of drug-likeness (QED) is 0.748. The standard InChI is InChI=1S/C14H8F3N3O2/c15-14(16,17)10-3-1-2-9-11(10)19-13(22)20(12(9)21)8-4-6-18-7-5-8/h1-7H,(H,19,22). The summed E-state index contributed by atoms with van der Waals surface area (Å²) in [6.45, 7) is 0. The van der Waals surface area contributed by atoms with Crippen LogP contribution in [0, 0.1) is 0 Å². The fourth-order valence-corrected chi connectivity index (χ4v) is 2.20. The predicted octanol–water partition coefficient (Wildman–Crippen LogP) is 2.09. The van der Waals surface area contributed by atoms with Crippen LogP contribution < -0.4 is 11.2 Å². The zero-order valence-corrected chi connectivity index (χ0v) is 10.9. The molecule has 0 radical (unpaired) electrons. The number of alkyl halides is 3. The van der Waals surface area contributed by atoms with Crippen LogP contribution in [0.25, 0.3) is 16.6 Å². The molecule has 0 unspecified atom stereocenters. The van der Waals surface area contributed by atoms with Crippen LogP contribution in [0.4, 0.5) is 13.2 Å². The number of halogens is 3. The van der Waals surface area contributed by atoms with Gasteiger partial charge < -0.3 is 4.98 Å². The molecule has 3 rings (SSSR count). The first-order valence-corrected chi connectivity index (χ1v) is 6.15. The molecular formula is C14H8F3N3O2. The molecule has 0 aliphatic carbocycles. The molecule has 5 nitrogen and oxygen atoms in total. The average molecular weight is 307 g/mol. The summed E-state index contributed by atoms with van der Waals surface area (Å²) >= 11 is 0. The third-order valence-electron chi connectivity index (χ3n) is 3.16. The zero-order chi connectivity index (χ0) is 15.9. The van der Waals surface area contributed by atoms with Crippen molar-refractivity contribution in [2.75, 3.05) is 0 Å². The number of benzene rings is 1. The van der Waals surface area contributed by atoms with Crippen molar-refractivity contribution in [1.29, 1.82) is 0 Å². The van der Waals surface area contributed by atoms with Crippen molar-refractivity contribution < 1.29 is 13.2 Å². The number of aromatic nitrogens is 3. The average Bonchev–Trinajstić information content (AvgIpc) is 2.47. The van der Waals surface area contributed by atoms with Gasteiger partial charge in [-0.3, -0.25) is 9.78 Å². The van der Waals surface area contributed by atoms with Gasteiger partial charge in [0.05, 0.1) is 22.2 Å². The lowest BCUT2D eigenvalue weighted by Crippen LogP contribution is -2.34. The number of hydrogen-bond acceptors (Lipinski definition) is 3. The SMILES string of the molecule is O=c1[nH]c2c(C(F)(F)F)cccc2c(=O)n1-c1ccncc1. The second-order valence-corrected chi connectivity index (χ2v) is 4.50. The van der Waals surface area contributed by atoms with Gasteiger partial charge in [0.2, 0.25) is 0 Å². The molecule has 0 aliphatic heterocycles. The maximum absolute atomic E-state index is 13.0. The van der Waals surface area contributed by atoms with Crippen LogP contribution in [-0.2, 0) is 6.18 Å². The van der Waals surface area contributed by atoms with Gasteiger partial charge in [-0.2, -0.15) is 13.2 Å². The molecule has 0 bridgehead atoms.